The third-order valence-corrected chi connectivity index (χ3v) is 4.80. The van der Waals surface area contributed by atoms with E-state index < -0.39 is 5.97 Å². The summed E-state index contributed by atoms with van der Waals surface area (Å²) in [6, 6.07) is 9.85. The molecular formula is C21H26ClN3O3. The minimum absolute atomic E-state index is 0.0126. The Hall–Kier alpha value is -2.60. The first-order valence-corrected chi connectivity index (χ1v) is 9.56. The molecule has 2 aromatic rings. The van der Waals surface area contributed by atoms with Gasteiger partial charge in [0.2, 0.25) is 0 Å². The molecule has 0 aliphatic heterocycles. The number of carbonyl (C=O) groups is 2. The average molecular weight is 404 g/mol. The van der Waals surface area contributed by atoms with Crippen molar-refractivity contribution in [3.63, 3.8) is 0 Å². The Kier molecular flexibility index (Phi) is 7.81. The number of halogens is 1. The molecule has 0 unspecified atom stereocenters. The van der Waals surface area contributed by atoms with E-state index in [4.69, 9.17) is 16.3 Å². The smallest absolute Gasteiger partial charge is 0.331 e. The quantitative estimate of drug-likeness (QED) is 0.539. The summed E-state index contributed by atoms with van der Waals surface area (Å²) in [5.74, 6) is -0.636. The molecule has 6 nitrogen and oxygen atoms in total. The number of nitrogens with one attached hydrogen (secondary N) is 1. The highest BCUT2D eigenvalue weighted by atomic mass is 35.5. The Balaban J connectivity index is 1.94. The number of esters is 1. The van der Waals surface area contributed by atoms with E-state index in [2.05, 4.69) is 10.4 Å². The first-order valence-electron chi connectivity index (χ1n) is 9.19. The summed E-state index contributed by atoms with van der Waals surface area (Å²) in [6.07, 6.45) is 2.81. The summed E-state index contributed by atoms with van der Waals surface area (Å²) in [6.45, 7) is 7.95. The van der Waals surface area contributed by atoms with E-state index in [-0.39, 0.29) is 18.6 Å². The predicted octanol–water partition coefficient (Wildman–Crippen LogP) is 3.61. The standard InChI is InChI=1S/C21H26ClN3O3/c1-14(2)15(3)23-19(26)13-28-20(27)11-10-18-16(4)24-25(21(18)22)12-17-8-6-5-7-9-17/h5-11,14-15H,12-13H2,1-4H3,(H,23,26)/b11-10+/t15-/m0/s1. The first-order chi connectivity index (χ1) is 13.3. The molecule has 0 fully saturated rings. The van der Waals surface area contributed by atoms with Gasteiger partial charge < -0.3 is 10.1 Å². The Labute approximate surface area is 170 Å². The number of aromatic nitrogens is 2. The lowest BCUT2D eigenvalue weighted by Crippen LogP contribution is -2.38. The van der Waals surface area contributed by atoms with Gasteiger partial charge in [-0.05, 0) is 31.4 Å². The third-order valence-electron chi connectivity index (χ3n) is 4.40. The lowest BCUT2D eigenvalue weighted by Gasteiger charge is -2.16. The number of carbonyl (C=O) groups excluding carboxylic acids is 2. The van der Waals surface area contributed by atoms with Crippen LogP contribution < -0.4 is 5.32 Å². The zero-order valence-corrected chi connectivity index (χ0v) is 17.4. The number of rotatable bonds is 8. The molecule has 0 aliphatic rings. The minimum atomic E-state index is -0.612. The van der Waals surface area contributed by atoms with E-state index in [0.717, 1.165) is 5.56 Å². The summed E-state index contributed by atoms with van der Waals surface area (Å²) in [4.78, 5) is 23.7. The number of aryl methyl sites for hydroxylation is 1. The van der Waals surface area contributed by atoms with Crippen molar-refractivity contribution < 1.29 is 14.3 Å². The van der Waals surface area contributed by atoms with Crippen LogP contribution in [0.3, 0.4) is 0 Å². The second-order valence-corrected chi connectivity index (χ2v) is 7.33. The first kappa shape index (κ1) is 21.7. The molecule has 0 aliphatic carbocycles. The molecular weight excluding hydrogens is 378 g/mol. The van der Waals surface area contributed by atoms with Crippen molar-refractivity contribution in [1.29, 1.82) is 0 Å². The monoisotopic (exact) mass is 403 g/mol. The maximum atomic E-state index is 11.9. The fourth-order valence-electron chi connectivity index (χ4n) is 2.42. The summed E-state index contributed by atoms with van der Waals surface area (Å²) in [5, 5.41) is 7.64. The molecule has 0 bridgehead atoms. The molecule has 0 saturated heterocycles. The van der Waals surface area contributed by atoms with E-state index in [1.165, 1.54) is 6.08 Å². The van der Waals surface area contributed by atoms with Gasteiger partial charge in [-0.1, -0.05) is 55.8 Å². The lowest BCUT2D eigenvalue weighted by atomic mass is 10.1. The van der Waals surface area contributed by atoms with Crippen molar-refractivity contribution in [3.05, 3.63) is 58.4 Å². The van der Waals surface area contributed by atoms with Gasteiger partial charge in [-0.25, -0.2) is 9.48 Å². The zero-order valence-electron chi connectivity index (χ0n) is 16.6. The van der Waals surface area contributed by atoms with E-state index in [0.29, 0.717) is 28.9 Å². The van der Waals surface area contributed by atoms with Crippen LogP contribution >= 0.6 is 11.6 Å². The van der Waals surface area contributed by atoms with Crippen LogP contribution in [0, 0.1) is 12.8 Å². The second kappa shape index (κ2) is 10.1. The maximum Gasteiger partial charge on any atom is 0.331 e. The van der Waals surface area contributed by atoms with Gasteiger partial charge >= 0.3 is 5.97 Å². The molecule has 1 atom stereocenters. The van der Waals surface area contributed by atoms with E-state index in [1.807, 2.05) is 58.0 Å². The second-order valence-electron chi connectivity index (χ2n) is 6.97. The molecule has 150 valence electrons. The van der Waals surface area contributed by atoms with Crippen molar-refractivity contribution in [3.8, 4) is 0 Å². The number of hydrogen-bond acceptors (Lipinski definition) is 4. The molecule has 1 aromatic carbocycles. The van der Waals surface area contributed by atoms with Crippen LogP contribution in [0.25, 0.3) is 6.08 Å². The Morgan fingerprint density at radius 1 is 1.25 bits per heavy atom. The van der Waals surface area contributed by atoms with E-state index in [1.54, 1.807) is 10.8 Å². The molecule has 0 radical (unpaired) electrons. The highest BCUT2D eigenvalue weighted by molar-refractivity contribution is 6.31. The van der Waals surface area contributed by atoms with Crippen LogP contribution in [0.4, 0.5) is 0 Å². The highest BCUT2D eigenvalue weighted by Gasteiger charge is 2.14. The minimum Gasteiger partial charge on any atom is -0.452 e. The van der Waals surface area contributed by atoms with Crippen molar-refractivity contribution >= 4 is 29.6 Å². The number of ether oxygens (including phenoxy) is 1. The average Bonchev–Trinajstić information content (AvgIpc) is 2.92. The summed E-state index contributed by atoms with van der Waals surface area (Å²) in [5.41, 5.74) is 2.42. The van der Waals surface area contributed by atoms with Gasteiger partial charge in [0, 0.05) is 17.7 Å². The van der Waals surface area contributed by atoms with Crippen molar-refractivity contribution in [2.75, 3.05) is 6.61 Å². The molecule has 7 heteroatoms. The van der Waals surface area contributed by atoms with Crippen LogP contribution in [0.1, 0.15) is 37.6 Å². The SMILES string of the molecule is Cc1nn(Cc2ccccc2)c(Cl)c1/C=C/C(=O)OCC(=O)N[C@@H](C)C(C)C. The molecule has 1 aromatic heterocycles. The Morgan fingerprint density at radius 3 is 2.57 bits per heavy atom. The molecule has 28 heavy (non-hydrogen) atoms. The van der Waals surface area contributed by atoms with Crippen molar-refractivity contribution in [2.45, 2.75) is 40.3 Å². The maximum absolute atomic E-state index is 11.9. The molecule has 1 N–H and O–H groups in total. The zero-order chi connectivity index (χ0) is 20.7. The van der Waals surface area contributed by atoms with Crippen molar-refractivity contribution in [1.82, 2.24) is 15.1 Å². The third kappa shape index (κ3) is 6.23. The fraction of sp³-hybridized carbons (Fsp3) is 0.381. The van der Waals surface area contributed by atoms with Crippen LogP contribution in [0.5, 0.6) is 0 Å². The largest absolute Gasteiger partial charge is 0.452 e. The molecule has 2 rings (SSSR count). The van der Waals surface area contributed by atoms with Gasteiger partial charge in [0.1, 0.15) is 5.15 Å². The van der Waals surface area contributed by atoms with E-state index in [9.17, 15) is 9.59 Å². The number of hydrogen-bond donors (Lipinski definition) is 1. The van der Waals surface area contributed by atoms with Gasteiger partial charge in [-0.3, -0.25) is 4.79 Å². The van der Waals surface area contributed by atoms with Gasteiger partial charge in [0.05, 0.1) is 12.2 Å². The van der Waals surface area contributed by atoms with Crippen LogP contribution in [-0.4, -0.2) is 34.3 Å². The summed E-state index contributed by atoms with van der Waals surface area (Å²) < 4.78 is 6.66. The molecule has 0 spiro atoms. The van der Waals surface area contributed by atoms with Crippen LogP contribution in [0.15, 0.2) is 36.4 Å². The lowest BCUT2D eigenvalue weighted by molar-refractivity contribution is -0.144. The molecule has 1 amide bonds. The van der Waals surface area contributed by atoms with Crippen molar-refractivity contribution in [2.24, 2.45) is 5.92 Å². The predicted molar refractivity (Wildman–Crippen MR) is 110 cm³/mol. The van der Waals surface area contributed by atoms with Gasteiger partial charge in [0.25, 0.3) is 5.91 Å². The fourth-order valence-corrected chi connectivity index (χ4v) is 2.71. The molecule has 1 heterocycles. The number of benzene rings is 1. The topological polar surface area (TPSA) is 73.2 Å². The van der Waals surface area contributed by atoms with Gasteiger partial charge in [0.15, 0.2) is 6.61 Å². The number of nitrogens with zero attached hydrogens (tertiary/aromatic N) is 2. The normalized spacial score (nSPS) is 12.4. The number of amides is 1. The van der Waals surface area contributed by atoms with Crippen LogP contribution in [0.2, 0.25) is 5.15 Å². The van der Waals surface area contributed by atoms with E-state index >= 15 is 0 Å². The summed E-state index contributed by atoms with van der Waals surface area (Å²) in [7, 11) is 0. The highest BCUT2D eigenvalue weighted by Crippen LogP contribution is 2.22. The Morgan fingerprint density at radius 2 is 1.93 bits per heavy atom. The van der Waals surface area contributed by atoms with Gasteiger partial charge in [-0.15, -0.1) is 0 Å². The van der Waals surface area contributed by atoms with Crippen LogP contribution in [-0.2, 0) is 20.9 Å². The van der Waals surface area contributed by atoms with Gasteiger partial charge in [-0.2, -0.15) is 5.10 Å². The Bertz CT molecular complexity index is 844. The summed E-state index contributed by atoms with van der Waals surface area (Å²) >= 11 is 6.41. The molecule has 0 saturated carbocycles.